The van der Waals surface area contributed by atoms with Gasteiger partial charge in [-0.05, 0) is 36.4 Å². The molecule has 7 heteroatoms. The molecule has 0 aliphatic carbocycles. The maximum atomic E-state index is 12.3. The lowest BCUT2D eigenvalue weighted by molar-refractivity contribution is -0.0328. The predicted molar refractivity (Wildman–Crippen MR) is 59.1 cm³/mol. The number of carbonyl (C=O) groups is 1. The topological polar surface area (TPSA) is 50.1 Å². The van der Waals surface area contributed by atoms with E-state index in [2.05, 4.69) is 4.74 Å². The molecule has 0 spiro atoms. The van der Waals surface area contributed by atoms with Crippen molar-refractivity contribution in [1.29, 1.82) is 5.26 Å². The van der Waals surface area contributed by atoms with Crippen molar-refractivity contribution in [3.05, 3.63) is 28.8 Å². The van der Waals surface area contributed by atoms with E-state index in [1.165, 1.54) is 13.0 Å². The molecule has 1 rings (SSSR count). The van der Waals surface area contributed by atoms with E-state index in [0.717, 1.165) is 13.2 Å². The number of halogens is 3. The van der Waals surface area contributed by atoms with Crippen molar-refractivity contribution in [2.24, 2.45) is 0 Å². The number of nitrogens with zero attached hydrogens (tertiary/aromatic N) is 1. The Labute approximate surface area is 106 Å². The van der Waals surface area contributed by atoms with Crippen LogP contribution in [0.25, 0.3) is 0 Å². The molecule has 0 atom stereocenters. The third-order valence-corrected chi connectivity index (χ3v) is 2.95. The highest BCUT2D eigenvalue weighted by Crippen LogP contribution is 2.40. The van der Waals surface area contributed by atoms with Gasteiger partial charge in [-0.2, -0.15) is 18.4 Å². The maximum Gasteiger partial charge on any atom is 0.446 e. The highest BCUT2D eigenvalue weighted by molar-refractivity contribution is 8.00. The molecule has 0 fully saturated rings. The van der Waals surface area contributed by atoms with Gasteiger partial charge in [0.2, 0.25) is 0 Å². The zero-order valence-corrected chi connectivity index (χ0v) is 10.3. The third kappa shape index (κ3) is 3.17. The Morgan fingerprint density at radius 2 is 2.06 bits per heavy atom. The van der Waals surface area contributed by atoms with Gasteiger partial charge in [0.05, 0.1) is 24.3 Å². The molecule has 0 N–H and O–H groups in total. The summed E-state index contributed by atoms with van der Waals surface area (Å²) < 4.78 is 41.5. The summed E-state index contributed by atoms with van der Waals surface area (Å²) in [4.78, 5) is 11.2. The van der Waals surface area contributed by atoms with E-state index >= 15 is 0 Å². The normalized spacial score (nSPS) is 10.9. The molecule has 0 saturated heterocycles. The lowest BCUT2D eigenvalue weighted by Gasteiger charge is -2.12. The molecule has 0 radical (unpaired) electrons. The van der Waals surface area contributed by atoms with Crippen LogP contribution >= 0.6 is 11.8 Å². The average molecular weight is 275 g/mol. The van der Waals surface area contributed by atoms with Gasteiger partial charge in [-0.15, -0.1) is 0 Å². The zero-order chi connectivity index (χ0) is 13.9. The number of methoxy groups -OCH3 is 1. The Kier molecular flexibility index (Phi) is 4.24. The highest BCUT2D eigenvalue weighted by Gasteiger charge is 2.32. The van der Waals surface area contributed by atoms with Crippen molar-refractivity contribution in [1.82, 2.24) is 0 Å². The fraction of sp³-hybridized carbons (Fsp3) is 0.273. The van der Waals surface area contributed by atoms with Crippen LogP contribution in [0.3, 0.4) is 0 Å². The van der Waals surface area contributed by atoms with E-state index < -0.39 is 23.2 Å². The number of rotatable bonds is 2. The minimum atomic E-state index is -4.51. The molecule has 0 unspecified atom stereocenters. The van der Waals surface area contributed by atoms with E-state index in [4.69, 9.17) is 5.26 Å². The first-order chi connectivity index (χ1) is 8.30. The summed E-state index contributed by atoms with van der Waals surface area (Å²) in [5, 5.41) is 8.79. The first-order valence-corrected chi connectivity index (χ1v) is 5.49. The number of hydrogen-bond acceptors (Lipinski definition) is 4. The number of hydrogen-bond donors (Lipinski definition) is 0. The van der Waals surface area contributed by atoms with Gasteiger partial charge in [-0.1, -0.05) is 0 Å². The summed E-state index contributed by atoms with van der Waals surface area (Å²) in [6.45, 7) is 1.41. The molecule has 0 amide bonds. The van der Waals surface area contributed by atoms with E-state index in [0.29, 0.717) is 0 Å². The van der Waals surface area contributed by atoms with E-state index in [1.807, 2.05) is 0 Å². The van der Waals surface area contributed by atoms with Gasteiger partial charge in [0, 0.05) is 4.90 Å². The van der Waals surface area contributed by atoms with Gasteiger partial charge in [0.15, 0.2) is 0 Å². The minimum Gasteiger partial charge on any atom is -0.465 e. The van der Waals surface area contributed by atoms with Crippen molar-refractivity contribution < 1.29 is 22.7 Å². The van der Waals surface area contributed by atoms with Crippen molar-refractivity contribution in [2.75, 3.05) is 7.11 Å². The molecule has 1 aromatic rings. The van der Waals surface area contributed by atoms with E-state index in [9.17, 15) is 18.0 Å². The lowest BCUT2D eigenvalue weighted by Crippen LogP contribution is -2.10. The average Bonchev–Trinajstić information content (AvgIpc) is 2.26. The lowest BCUT2D eigenvalue weighted by atomic mass is 10.0. The van der Waals surface area contributed by atoms with Crippen LogP contribution in [-0.2, 0) is 4.74 Å². The van der Waals surface area contributed by atoms with Crippen LogP contribution in [0, 0.1) is 18.3 Å². The molecule has 0 aliphatic heterocycles. The molecular weight excluding hydrogens is 267 g/mol. The SMILES string of the molecule is COC(=O)c1c(SC(F)(F)F)ccc(C#N)c1C. The molecule has 0 heterocycles. The molecule has 0 aromatic heterocycles. The Morgan fingerprint density at radius 3 is 2.50 bits per heavy atom. The van der Waals surface area contributed by atoms with Gasteiger partial charge < -0.3 is 4.74 Å². The van der Waals surface area contributed by atoms with Crippen LogP contribution in [-0.4, -0.2) is 18.6 Å². The number of nitriles is 1. The molecule has 96 valence electrons. The van der Waals surface area contributed by atoms with Gasteiger partial charge >= 0.3 is 11.5 Å². The van der Waals surface area contributed by atoms with Crippen LogP contribution < -0.4 is 0 Å². The summed E-state index contributed by atoms with van der Waals surface area (Å²) in [7, 11) is 1.07. The fourth-order valence-electron chi connectivity index (χ4n) is 1.37. The standard InChI is InChI=1S/C11H8F3NO2S/c1-6-7(5-15)3-4-8(18-11(12,13)14)9(6)10(16)17-2/h3-4H,1-2H3. The first-order valence-electron chi connectivity index (χ1n) is 4.68. The number of thioether (sulfide) groups is 1. The third-order valence-electron chi connectivity index (χ3n) is 2.16. The highest BCUT2D eigenvalue weighted by atomic mass is 32.2. The second kappa shape index (κ2) is 5.31. The Balaban J connectivity index is 3.40. The van der Waals surface area contributed by atoms with Crippen molar-refractivity contribution in [2.45, 2.75) is 17.3 Å². The fourth-order valence-corrected chi connectivity index (χ4v) is 2.10. The second-order valence-electron chi connectivity index (χ2n) is 3.26. The van der Waals surface area contributed by atoms with Gasteiger partial charge in [-0.25, -0.2) is 4.79 Å². The van der Waals surface area contributed by atoms with Gasteiger partial charge in [0.25, 0.3) is 0 Å². The summed E-state index contributed by atoms with van der Waals surface area (Å²) in [5.74, 6) is -0.892. The van der Waals surface area contributed by atoms with Gasteiger partial charge in [-0.3, -0.25) is 0 Å². The zero-order valence-electron chi connectivity index (χ0n) is 9.46. The van der Waals surface area contributed by atoms with Crippen molar-refractivity contribution >= 4 is 17.7 Å². The number of benzene rings is 1. The summed E-state index contributed by atoms with van der Waals surface area (Å²) in [6, 6.07) is 4.15. The monoisotopic (exact) mass is 275 g/mol. The number of carbonyl (C=O) groups excluding carboxylic acids is 1. The molecule has 0 saturated carbocycles. The molecule has 1 aromatic carbocycles. The molecular formula is C11H8F3NO2S. The van der Waals surface area contributed by atoms with Crippen LogP contribution in [0.1, 0.15) is 21.5 Å². The molecule has 0 aliphatic rings. The largest absolute Gasteiger partial charge is 0.465 e. The van der Waals surface area contributed by atoms with Crippen LogP contribution in [0.5, 0.6) is 0 Å². The summed E-state index contributed by atoms with van der Waals surface area (Å²) in [6.07, 6.45) is 0. The summed E-state index contributed by atoms with van der Waals surface area (Å²) in [5.41, 5.74) is -4.41. The minimum absolute atomic E-state index is 0.141. The van der Waals surface area contributed by atoms with Crippen molar-refractivity contribution in [3.63, 3.8) is 0 Å². The second-order valence-corrected chi connectivity index (χ2v) is 4.37. The van der Waals surface area contributed by atoms with Crippen LogP contribution in [0.15, 0.2) is 17.0 Å². The Bertz CT molecular complexity index is 520. The predicted octanol–water partition coefficient (Wildman–Crippen LogP) is 3.27. The quantitative estimate of drug-likeness (QED) is 0.614. The molecule has 18 heavy (non-hydrogen) atoms. The Hall–Kier alpha value is -1.68. The smallest absolute Gasteiger partial charge is 0.446 e. The van der Waals surface area contributed by atoms with E-state index in [-0.39, 0.29) is 21.6 Å². The van der Waals surface area contributed by atoms with Crippen molar-refractivity contribution in [3.8, 4) is 6.07 Å². The number of ether oxygens (including phenoxy) is 1. The summed E-state index contributed by atoms with van der Waals surface area (Å²) >= 11 is -0.406. The van der Waals surface area contributed by atoms with E-state index in [1.54, 1.807) is 6.07 Å². The number of esters is 1. The maximum absolute atomic E-state index is 12.3. The first kappa shape index (κ1) is 14.4. The van der Waals surface area contributed by atoms with Gasteiger partial charge in [0.1, 0.15) is 0 Å². The number of alkyl halides is 3. The van der Waals surface area contributed by atoms with Crippen LogP contribution in [0.4, 0.5) is 13.2 Å². The molecule has 3 nitrogen and oxygen atoms in total. The Morgan fingerprint density at radius 1 is 1.44 bits per heavy atom. The molecule has 0 bridgehead atoms. The van der Waals surface area contributed by atoms with Crippen LogP contribution in [0.2, 0.25) is 0 Å².